The number of carbonyl (C=O) groups excluding carboxylic acids is 2. The Hall–Kier alpha value is -1.77. The lowest BCUT2D eigenvalue weighted by atomic mass is 10.0. The number of allylic oxidation sites excluding steroid dienone is 5. The lowest BCUT2D eigenvalue weighted by Crippen LogP contribution is -2.47. The van der Waals surface area contributed by atoms with Crippen molar-refractivity contribution in [3.05, 3.63) is 36.5 Å². The third kappa shape index (κ3) is 53.1. The summed E-state index contributed by atoms with van der Waals surface area (Å²) in [7, 11) is 1.19. The molecular formula is C62H119N2O7P. The quantitative estimate of drug-likeness (QED) is 0.0212. The van der Waals surface area contributed by atoms with Crippen LogP contribution in [0.5, 0.6) is 0 Å². The van der Waals surface area contributed by atoms with Gasteiger partial charge in [-0.05, 0) is 57.4 Å². The van der Waals surface area contributed by atoms with Gasteiger partial charge < -0.3 is 28.5 Å². The summed E-state index contributed by atoms with van der Waals surface area (Å²) in [5, 5.41) is 3.03. The second-order valence-corrected chi connectivity index (χ2v) is 23.6. The summed E-state index contributed by atoms with van der Waals surface area (Å²) in [5.41, 5.74) is 0. The van der Waals surface area contributed by atoms with Crippen LogP contribution in [0.1, 0.15) is 297 Å². The van der Waals surface area contributed by atoms with Crippen LogP contribution in [0.3, 0.4) is 0 Å². The van der Waals surface area contributed by atoms with Crippen LogP contribution < -0.4 is 10.2 Å². The fourth-order valence-electron chi connectivity index (χ4n) is 9.09. The molecule has 0 heterocycles. The SMILES string of the molecule is CC/C=C/C/C=C/CCCCCCCCCC(=O)NC(COP(=O)([O-])OCC[N+](C)(C)C)C(/C=C/CCCCCCCCCCCCC)OC(=O)CCCCCCCCCCCCCCCCCCCCC. The zero-order chi connectivity index (χ0) is 52.9. The molecule has 72 heavy (non-hydrogen) atoms. The van der Waals surface area contributed by atoms with Gasteiger partial charge in [0.05, 0.1) is 33.8 Å². The van der Waals surface area contributed by atoms with Crippen LogP contribution in [0.2, 0.25) is 0 Å². The highest BCUT2D eigenvalue weighted by molar-refractivity contribution is 7.45. The molecule has 0 saturated carbocycles. The van der Waals surface area contributed by atoms with Crippen molar-refractivity contribution < 1.29 is 37.3 Å². The molecule has 0 aromatic carbocycles. The first-order valence-electron chi connectivity index (χ1n) is 30.8. The zero-order valence-electron chi connectivity index (χ0n) is 48.4. The summed E-state index contributed by atoms with van der Waals surface area (Å²) in [6, 6.07) is -0.888. The van der Waals surface area contributed by atoms with Crippen molar-refractivity contribution in [2.24, 2.45) is 0 Å². The van der Waals surface area contributed by atoms with Gasteiger partial charge in [-0.2, -0.15) is 0 Å². The predicted octanol–water partition coefficient (Wildman–Crippen LogP) is 18.1. The fourth-order valence-corrected chi connectivity index (χ4v) is 9.81. The second kappa shape index (κ2) is 52.7. The molecule has 0 aliphatic rings. The van der Waals surface area contributed by atoms with Crippen LogP contribution in [-0.2, 0) is 27.9 Å². The number of carbonyl (C=O) groups is 2. The largest absolute Gasteiger partial charge is 0.756 e. The van der Waals surface area contributed by atoms with Crippen molar-refractivity contribution in [3.63, 3.8) is 0 Å². The van der Waals surface area contributed by atoms with Gasteiger partial charge in [-0.3, -0.25) is 14.2 Å². The lowest BCUT2D eigenvalue weighted by Gasteiger charge is -2.30. The number of quaternary nitrogens is 1. The molecule has 10 heteroatoms. The highest BCUT2D eigenvalue weighted by atomic mass is 31.2. The number of nitrogens with zero attached hydrogens (tertiary/aromatic N) is 1. The van der Waals surface area contributed by atoms with Gasteiger partial charge in [0.2, 0.25) is 5.91 Å². The van der Waals surface area contributed by atoms with E-state index in [9.17, 15) is 19.0 Å². The van der Waals surface area contributed by atoms with E-state index in [1.807, 2.05) is 33.3 Å². The minimum atomic E-state index is -4.69. The van der Waals surface area contributed by atoms with Crippen LogP contribution in [-0.4, -0.2) is 69.4 Å². The molecule has 1 N–H and O–H groups in total. The Labute approximate surface area is 446 Å². The average molecular weight is 1040 g/mol. The van der Waals surface area contributed by atoms with Crippen LogP contribution in [0, 0.1) is 0 Å². The number of unbranched alkanes of at least 4 members (excludes halogenated alkanes) is 36. The maximum atomic E-state index is 13.5. The van der Waals surface area contributed by atoms with Crippen molar-refractivity contribution in [2.75, 3.05) is 40.9 Å². The van der Waals surface area contributed by atoms with Gasteiger partial charge in [0.15, 0.2) is 0 Å². The Morgan fingerprint density at radius 2 is 0.889 bits per heavy atom. The van der Waals surface area contributed by atoms with Crippen molar-refractivity contribution in [3.8, 4) is 0 Å². The molecule has 3 atom stereocenters. The molecule has 0 aromatic rings. The van der Waals surface area contributed by atoms with E-state index in [0.717, 1.165) is 83.5 Å². The number of amides is 1. The van der Waals surface area contributed by atoms with E-state index in [4.69, 9.17) is 13.8 Å². The number of likely N-dealkylation sites (N-methyl/N-ethyl adjacent to an activating group) is 1. The monoisotopic (exact) mass is 1030 g/mol. The number of rotatable bonds is 56. The maximum Gasteiger partial charge on any atom is 0.306 e. The van der Waals surface area contributed by atoms with Crippen molar-refractivity contribution in [1.82, 2.24) is 5.32 Å². The summed E-state index contributed by atoms with van der Waals surface area (Å²) >= 11 is 0. The molecule has 0 aliphatic heterocycles. The topological polar surface area (TPSA) is 114 Å². The summed E-state index contributed by atoms with van der Waals surface area (Å²) < 4.78 is 30.3. The molecule has 0 aliphatic carbocycles. The molecular weight excluding hydrogens is 916 g/mol. The highest BCUT2D eigenvalue weighted by Gasteiger charge is 2.27. The lowest BCUT2D eigenvalue weighted by molar-refractivity contribution is -0.870. The number of phosphoric acid groups is 1. The Kier molecular flexibility index (Phi) is 51.4. The van der Waals surface area contributed by atoms with E-state index in [-0.39, 0.29) is 31.5 Å². The first-order valence-corrected chi connectivity index (χ1v) is 32.3. The van der Waals surface area contributed by atoms with E-state index in [0.29, 0.717) is 17.4 Å². The zero-order valence-corrected chi connectivity index (χ0v) is 49.3. The Bertz CT molecular complexity index is 1330. The van der Waals surface area contributed by atoms with Crippen LogP contribution >= 0.6 is 7.82 Å². The first kappa shape index (κ1) is 70.2. The molecule has 1 amide bonds. The minimum Gasteiger partial charge on any atom is -0.756 e. The van der Waals surface area contributed by atoms with Gasteiger partial charge in [0.25, 0.3) is 7.82 Å². The number of phosphoric ester groups is 1. The summed E-state index contributed by atoms with van der Waals surface area (Å²) in [6.45, 7) is 6.77. The standard InChI is InChI=1S/C62H119N2O7P/c1-7-10-13-16-19-22-25-28-30-31-32-33-34-37-40-43-46-49-52-55-62(66)71-60(53-50-47-44-41-38-35-27-24-21-18-15-12-9-3)59(58-70-72(67,68)69-57-56-64(4,5)6)63-61(65)54-51-48-45-42-39-36-29-26-23-20-17-14-11-8-2/h11,14,20,23,50,53,59-60H,7-10,12-13,15-19,21-22,24-49,51-52,54-58H2,1-6H3,(H-,63,65,67,68)/b14-11+,23-20+,53-50+. The molecule has 0 spiro atoms. The molecule has 0 radical (unpaired) electrons. The third-order valence-electron chi connectivity index (χ3n) is 13.8. The van der Waals surface area contributed by atoms with Crippen LogP contribution in [0.25, 0.3) is 0 Å². The van der Waals surface area contributed by atoms with Gasteiger partial charge in [-0.1, -0.05) is 263 Å². The normalized spacial score (nSPS) is 13.9. The molecule has 9 nitrogen and oxygen atoms in total. The molecule has 0 fully saturated rings. The van der Waals surface area contributed by atoms with E-state index in [2.05, 4.69) is 50.4 Å². The molecule has 0 bridgehead atoms. The van der Waals surface area contributed by atoms with E-state index in [1.54, 1.807) is 0 Å². The van der Waals surface area contributed by atoms with Crippen LogP contribution in [0.4, 0.5) is 0 Å². The average Bonchev–Trinajstić information content (AvgIpc) is 3.34. The van der Waals surface area contributed by atoms with E-state index in [1.165, 1.54) is 180 Å². The Balaban J connectivity index is 5.25. The highest BCUT2D eigenvalue weighted by Crippen LogP contribution is 2.38. The van der Waals surface area contributed by atoms with Crippen molar-refractivity contribution in [1.29, 1.82) is 0 Å². The van der Waals surface area contributed by atoms with E-state index < -0.39 is 20.0 Å². The van der Waals surface area contributed by atoms with Crippen molar-refractivity contribution in [2.45, 2.75) is 309 Å². The Morgan fingerprint density at radius 1 is 0.500 bits per heavy atom. The minimum absolute atomic E-state index is 0.0218. The molecule has 3 unspecified atom stereocenters. The molecule has 424 valence electrons. The van der Waals surface area contributed by atoms with Gasteiger partial charge >= 0.3 is 5.97 Å². The number of ether oxygens (including phenoxy) is 1. The van der Waals surface area contributed by atoms with Gasteiger partial charge in [-0.15, -0.1) is 0 Å². The third-order valence-corrected chi connectivity index (χ3v) is 14.8. The summed E-state index contributed by atoms with van der Waals surface area (Å²) in [5.74, 6) is -0.537. The second-order valence-electron chi connectivity index (χ2n) is 22.2. The van der Waals surface area contributed by atoms with Gasteiger partial charge in [0.1, 0.15) is 19.3 Å². The smallest absolute Gasteiger partial charge is 0.306 e. The summed E-state index contributed by atoms with van der Waals surface area (Å²) in [6.07, 6.45) is 62.5. The predicted molar refractivity (Wildman–Crippen MR) is 307 cm³/mol. The maximum absolute atomic E-state index is 13.5. The summed E-state index contributed by atoms with van der Waals surface area (Å²) in [4.78, 5) is 39.9. The number of hydrogen-bond acceptors (Lipinski definition) is 7. The molecule has 0 saturated heterocycles. The Morgan fingerprint density at radius 3 is 1.32 bits per heavy atom. The fraction of sp³-hybridized carbons (Fsp3) is 0.871. The van der Waals surface area contributed by atoms with Gasteiger partial charge in [-0.25, -0.2) is 0 Å². The van der Waals surface area contributed by atoms with Crippen molar-refractivity contribution >= 4 is 19.7 Å². The molecule has 0 rings (SSSR count). The number of esters is 1. The first-order chi connectivity index (χ1) is 34.9. The number of hydrogen-bond donors (Lipinski definition) is 1. The molecule has 0 aromatic heterocycles. The number of nitrogens with one attached hydrogen (secondary N) is 1. The van der Waals surface area contributed by atoms with Crippen LogP contribution in [0.15, 0.2) is 36.5 Å². The van der Waals surface area contributed by atoms with E-state index >= 15 is 0 Å². The van der Waals surface area contributed by atoms with Gasteiger partial charge in [0, 0.05) is 12.8 Å².